The summed E-state index contributed by atoms with van der Waals surface area (Å²) in [7, 11) is 0. The fraction of sp³-hybridized carbons (Fsp3) is 0.375. The van der Waals surface area contributed by atoms with E-state index in [0.29, 0.717) is 31.3 Å². The molecule has 1 aliphatic heterocycles. The number of hydrogen-bond donors (Lipinski definition) is 1. The van der Waals surface area contributed by atoms with E-state index in [-0.39, 0.29) is 24.1 Å². The molecule has 2 aromatic rings. The summed E-state index contributed by atoms with van der Waals surface area (Å²) in [4.78, 5) is 35.4. The minimum atomic E-state index is -0.805. The smallest absolute Gasteiger partial charge is 0.306 e. The number of nitro groups is 1. The first-order valence-corrected chi connectivity index (χ1v) is 7.69. The Balaban J connectivity index is 1.70. The molecule has 1 aromatic carbocycles. The number of non-ortho nitro benzene ring substituents is 1. The molecular formula is C16H17N3O5. The minimum absolute atomic E-state index is 0.0160. The van der Waals surface area contributed by atoms with Crippen molar-refractivity contribution in [2.45, 2.75) is 19.4 Å². The molecule has 126 valence electrons. The molecule has 0 radical (unpaired) electrons. The maximum atomic E-state index is 12.4. The number of carbonyl (C=O) groups excluding carboxylic acids is 1. The molecule has 1 fully saturated rings. The number of carboxylic acid groups (broad SMARTS) is 1. The number of amides is 1. The number of carboxylic acids is 1. The number of nitrogens with zero attached hydrogens (tertiary/aromatic N) is 3. The average molecular weight is 331 g/mol. The van der Waals surface area contributed by atoms with Crippen LogP contribution in [0.2, 0.25) is 0 Å². The van der Waals surface area contributed by atoms with E-state index in [1.165, 1.54) is 12.1 Å². The van der Waals surface area contributed by atoms with Gasteiger partial charge >= 0.3 is 5.97 Å². The number of likely N-dealkylation sites (tertiary alicyclic amines) is 1. The summed E-state index contributed by atoms with van der Waals surface area (Å²) in [5.74, 6) is -1.25. The Morgan fingerprint density at radius 2 is 1.96 bits per heavy atom. The summed E-state index contributed by atoms with van der Waals surface area (Å²) in [6.07, 6.45) is 2.68. The third-order valence-corrected chi connectivity index (χ3v) is 4.47. The molecule has 24 heavy (non-hydrogen) atoms. The van der Waals surface area contributed by atoms with Crippen LogP contribution < -0.4 is 0 Å². The van der Waals surface area contributed by atoms with E-state index in [2.05, 4.69) is 0 Å². The number of piperidine rings is 1. The Labute approximate surface area is 137 Å². The van der Waals surface area contributed by atoms with Crippen molar-refractivity contribution in [1.29, 1.82) is 0 Å². The van der Waals surface area contributed by atoms with E-state index < -0.39 is 10.9 Å². The van der Waals surface area contributed by atoms with Crippen molar-refractivity contribution in [2.24, 2.45) is 5.92 Å². The molecule has 1 aromatic heterocycles. The topological polar surface area (TPSA) is 106 Å². The first-order chi connectivity index (χ1) is 11.5. The number of aromatic nitrogens is 1. The highest BCUT2D eigenvalue weighted by Crippen LogP contribution is 2.23. The average Bonchev–Trinajstić information content (AvgIpc) is 2.97. The number of benzene rings is 1. The Bertz CT molecular complexity index is 805. The quantitative estimate of drug-likeness (QED) is 0.680. The number of fused-ring (bicyclic) bond motifs is 1. The van der Waals surface area contributed by atoms with Crippen molar-refractivity contribution >= 4 is 28.5 Å². The first kappa shape index (κ1) is 16.0. The van der Waals surface area contributed by atoms with Gasteiger partial charge in [-0.25, -0.2) is 0 Å². The second kappa shape index (κ2) is 6.31. The molecule has 0 aliphatic carbocycles. The lowest BCUT2D eigenvalue weighted by molar-refractivity contribution is -0.384. The number of carbonyl (C=O) groups is 2. The lowest BCUT2D eigenvalue weighted by atomic mass is 9.97. The van der Waals surface area contributed by atoms with Gasteiger partial charge in [-0.1, -0.05) is 0 Å². The van der Waals surface area contributed by atoms with Crippen molar-refractivity contribution in [3.63, 3.8) is 0 Å². The molecule has 0 saturated carbocycles. The van der Waals surface area contributed by atoms with Gasteiger partial charge in [0, 0.05) is 42.3 Å². The van der Waals surface area contributed by atoms with Crippen molar-refractivity contribution in [1.82, 2.24) is 9.47 Å². The van der Waals surface area contributed by atoms with Crippen LogP contribution in [0.4, 0.5) is 5.69 Å². The fourth-order valence-electron chi connectivity index (χ4n) is 3.06. The lowest BCUT2D eigenvalue weighted by Gasteiger charge is -2.30. The molecule has 8 heteroatoms. The minimum Gasteiger partial charge on any atom is -0.481 e. The zero-order valence-electron chi connectivity index (χ0n) is 12.9. The Morgan fingerprint density at radius 3 is 2.58 bits per heavy atom. The van der Waals surface area contributed by atoms with Gasteiger partial charge in [-0.05, 0) is 25.0 Å². The summed E-state index contributed by atoms with van der Waals surface area (Å²) in [5, 5.41) is 20.5. The molecule has 0 spiro atoms. The summed E-state index contributed by atoms with van der Waals surface area (Å²) in [6, 6.07) is 6.28. The molecule has 2 heterocycles. The van der Waals surface area contributed by atoms with E-state index in [1.807, 2.05) is 0 Å². The summed E-state index contributed by atoms with van der Waals surface area (Å²) >= 11 is 0. The van der Waals surface area contributed by atoms with Crippen molar-refractivity contribution in [2.75, 3.05) is 13.1 Å². The van der Waals surface area contributed by atoms with E-state index in [0.717, 1.165) is 5.52 Å². The molecule has 3 rings (SSSR count). The molecule has 8 nitrogen and oxygen atoms in total. The summed E-state index contributed by atoms with van der Waals surface area (Å²) in [6.45, 7) is 1.03. The highest BCUT2D eigenvalue weighted by molar-refractivity contribution is 5.85. The van der Waals surface area contributed by atoms with Gasteiger partial charge in [-0.15, -0.1) is 0 Å². The molecule has 0 bridgehead atoms. The van der Waals surface area contributed by atoms with Crippen LogP contribution in [0.3, 0.4) is 0 Å². The van der Waals surface area contributed by atoms with E-state index in [4.69, 9.17) is 5.11 Å². The van der Waals surface area contributed by atoms with E-state index in [9.17, 15) is 19.7 Å². The van der Waals surface area contributed by atoms with Crippen LogP contribution in [0.25, 0.3) is 10.9 Å². The molecule has 1 N–H and O–H groups in total. The van der Waals surface area contributed by atoms with Gasteiger partial charge in [0.1, 0.15) is 6.54 Å². The van der Waals surface area contributed by atoms with Crippen LogP contribution in [-0.4, -0.2) is 44.5 Å². The zero-order valence-corrected chi connectivity index (χ0v) is 12.9. The number of rotatable bonds is 4. The Hall–Kier alpha value is -2.90. The second-order valence-corrected chi connectivity index (χ2v) is 5.94. The number of nitro benzene ring substituents is 1. The van der Waals surface area contributed by atoms with E-state index >= 15 is 0 Å². The van der Waals surface area contributed by atoms with Crippen LogP contribution in [0, 0.1) is 16.0 Å². The van der Waals surface area contributed by atoms with Gasteiger partial charge in [0.05, 0.1) is 10.8 Å². The molecule has 0 atom stereocenters. The van der Waals surface area contributed by atoms with Crippen molar-refractivity contribution in [3.8, 4) is 0 Å². The van der Waals surface area contributed by atoms with Gasteiger partial charge in [-0.3, -0.25) is 19.7 Å². The Morgan fingerprint density at radius 1 is 1.25 bits per heavy atom. The van der Waals surface area contributed by atoms with Crippen LogP contribution in [0.1, 0.15) is 12.8 Å². The third kappa shape index (κ3) is 3.08. The molecule has 0 unspecified atom stereocenters. The SMILES string of the molecule is O=C(O)C1CCN(C(=O)Cn2ccc3cc([N+](=O)[O-])ccc32)CC1. The summed E-state index contributed by atoms with van der Waals surface area (Å²) < 4.78 is 1.75. The first-order valence-electron chi connectivity index (χ1n) is 7.69. The molecule has 1 aliphatic rings. The highest BCUT2D eigenvalue weighted by Gasteiger charge is 2.27. The van der Waals surface area contributed by atoms with E-state index in [1.54, 1.807) is 27.8 Å². The molecule has 1 saturated heterocycles. The monoisotopic (exact) mass is 331 g/mol. The van der Waals surface area contributed by atoms with Gasteiger partial charge in [0.15, 0.2) is 0 Å². The molecular weight excluding hydrogens is 314 g/mol. The van der Waals surface area contributed by atoms with Crippen molar-refractivity contribution in [3.05, 3.63) is 40.6 Å². The number of aliphatic carboxylic acids is 1. The normalized spacial score (nSPS) is 15.6. The fourth-order valence-corrected chi connectivity index (χ4v) is 3.06. The predicted octanol–water partition coefficient (Wildman–Crippen LogP) is 1.87. The van der Waals surface area contributed by atoms with Crippen LogP contribution in [0.15, 0.2) is 30.5 Å². The predicted molar refractivity (Wildman–Crippen MR) is 85.5 cm³/mol. The second-order valence-electron chi connectivity index (χ2n) is 5.94. The number of hydrogen-bond acceptors (Lipinski definition) is 4. The van der Waals surface area contributed by atoms with Gasteiger partial charge < -0.3 is 14.6 Å². The lowest BCUT2D eigenvalue weighted by Crippen LogP contribution is -2.41. The van der Waals surface area contributed by atoms with Gasteiger partial charge in [0.2, 0.25) is 5.91 Å². The third-order valence-electron chi connectivity index (χ3n) is 4.47. The van der Waals surface area contributed by atoms with Crippen molar-refractivity contribution < 1.29 is 19.6 Å². The highest BCUT2D eigenvalue weighted by atomic mass is 16.6. The maximum Gasteiger partial charge on any atom is 0.306 e. The molecule has 1 amide bonds. The van der Waals surface area contributed by atoms with Crippen LogP contribution >= 0.6 is 0 Å². The Kier molecular flexibility index (Phi) is 4.20. The maximum absolute atomic E-state index is 12.4. The largest absolute Gasteiger partial charge is 0.481 e. The van der Waals surface area contributed by atoms with Gasteiger partial charge in [-0.2, -0.15) is 0 Å². The van der Waals surface area contributed by atoms with Gasteiger partial charge in [0.25, 0.3) is 5.69 Å². The summed E-state index contributed by atoms with van der Waals surface area (Å²) in [5.41, 5.74) is 0.775. The van der Waals surface area contributed by atoms with Crippen LogP contribution in [-0.2, 0) is 16.1 Å². The van der Waals surface area contributed by atoms with Crippen LogP contribution in [0.5, 0.6) is 0 Å². The zero-order chi connectivity index (χ0) is 17.3. The standard InChI is InChI=1S/C16H17N3O5/c20-15(17-6-3-11(4-7-17)16(21)22)10-18-8-5-12-9-13(19(23)24)1-2-14(12)18/h1-2,5,8-9,11H,3-4,6-7,10H2,(H,21,22).